The minimum absolute atomic E-state index is 0.165. The lowest BCUT2D eigenvalue weighted by atomic mass is 10.1. The smallest absolute Gasteiger partial charge is 0.255 e. The predicted octanol–water partition coefficient (Wildman–Crippen LogP) is 4.91. The number of carbonyl (C=O) groups is 2. The molecule has 0 aromatic heterocycles. The van der Waals surface area contributed by atoms with Gasteiger partial charge >= 0.3 is 0 Å². The maximum atomic E-state index is 12.4. The van der Waals surface area contributed by atoms with Gasteiger partial charge in [-0.3, -0.25) is 9.59 Å². The molecule has 29 heavy (non-hydrogen) atoms. The number of aryl methyl sites for hydroxylation is 1. The van der Waals surface area contributed by atoms with Crippen molar-refractivity contribution in [2.45, 2.75) is 6.92 Å². The summed E-state index contributed by atoms with van der Waals surface area (Å²) in [7, 11) is 1.61. The van der Waals surface area contributed by atoms with Gasteiger partial charge in [0.15, 0.2) is 0 Å². The summed E-state index contributed by atoms with van der Waals surface area (Å²) in [5.41, 5.74) is 3.74. The summed E-state index contributed by atoms with van der Waals surface area (Å²) < 4.78 is 5.11. The zero-order chi connectivity index (χ0) is 20.6. The zero-order valence-corrected chi connectivity index (χ0v) is 16.3. The second kappa shape index (κ2) is 9.37. The number of rotatable bonds is 6. The average molecular weight is 386 g/mol. The number of anilines is 2. The molecule has 0 atom stereocenters. The summed E-state index contributed by atoms with van der Waals surface area (Å²) in [4.78, 5) is 24.5. The molecule has 3 aromatic carbocycles. The molecule has 0 heterocycles. The van der Waals surface area contributed by atoms with E-state index in [9.17, 15) is 9.59 Å². The summed E-state index contributed by atoms with van der Waals surface area (Å²) >= 11 is 0. The van der Waals surface area contributed by atoms with Crippen molar-refractivity contribution in [2.24, 2.45) is 0 Å². The number of ether oxygens (including phenoxy) is 1. The molecule has 0 saturated heterocycles. The van der Waals surface area contributed by atoms with Crippen molar-refractivity contribution in [3.8, 4) is 5.75 Å². The average Bonchev–Trinajstić information content (AvgIpc) is 2.74. The van der Waals surface area contributed by atoms with Gasteiger partial charge in [0, 0.05) is 23.0 Å². The third-order valence-electron chi connectivity index (χ3n) is 4.34. The number of methoxy groups -OCH3 is 1. The molecule has 0 saturated carbocycles. The molecule has 5 heteroatoms. The van der Waals surface area contributed by atoms with Crippen molar-refractivity contribution in [3.05, 3.63) is 95.6 Å². The van der Waals surface area contributed by atoms with E-state index in [1.54, 1.807) is 43.5 Å². The molecule has 0 aliphatic carbocycles. The SMILES string of the molecule is COc1ccc(/C=C/C(=O)Nc2ccc(NC(=O)c3ccccc3C)cc2)cc1. The number of hydrogen-bond donors (Lipinski definition) is 2. The highest BCUT2D eigenvalue weighted by molar-refractivity contribution is 6.05. The van der Waals surface area contributed by atoms with E-state index in [1.165, 1.54) is 6.08 Å². The second-order valence-corrected chi connectivity index (χ2v) is 6.44. The Hall–Kier alpha value is -3.86. The van der Waals surface area contributed by atoms with Crippen LogP contribution >= 0.6 is 0 Å². The maximum absolute atomic E-state index is 12.4. The van der Waals surface area contributed by atoms with Gasteiger partial charge in [0.25, 0.3) is 5.91 Å². The van der Waals surface area contributed by atoms with Crippen LogP contribution in [0, 0.1) is 6.92 Å². The van der Waals surface area contributed by atoms with E-state index in [4.69, 9.17) is 4.74 Å². The Morgan fingerprint density at radius 3 is 2.07 bits per heavy atom. The van der Waals surface area contributed by atoms with E-state index in [1.807, 2.05) is 49.4 Å². The minimum Gasteiger partial charge on any atom is -0.497 e. The molecular weight excluding hydrogens is 364 g/mol. The Kier molecular flexibility index (Phi) is 6.43. The van der Waals surface area contributed by atoms with E-state index in [0.29, 0.717) is 16.9 Å². The number of nitrogens with one attached hydrogen (secondary N) is 2. The van der Waals surface area contributed by atoms with E-state index < -0.39 is 0 Å². The fourth-order valence-corrected chi connectivity index (χ4v) is 2.73. The first-order valence-corrected chi connectivity index (χ1v) is 9.15. The molecule has 0 spiro atoms. The van der Waals surface area contributed by atoms with Crippen molar-refractivity contribution in [2.75, 3.05) is 17.7 Å². The van der Waals surface area contributed by atoms with Crippen LogP contribution in [0.2, 0.25) is 0 Å². The normalized spacial score (nSPS) is 10.6. The molecule has 0 aliphatic rings. The Balaban J connectivity index is 1.57. The van der Waals surface area contributed by atoms with E-state index in [2.05, 4.69) is 10.6 Å². The van der Waals surface area contributed by atoms with Gasteiger partial charge in [-0.1, -0.05) is 30.3 Å². The number of carbonyl (C=O) groups excluding carboxylic acids is 2. The van der Waals surface area contributed by atoms with Gasteiger partial charge in [-0.25, -0.2) is 0 Å². The molecule has 0 unspecified atom stereocenters. The molecule has 3 rings (SSSR count). The second-order valence-electron chi connectivity index (χ2n) is 6.44. The molecule has 2 N–H and O–H groups in total. The zero-order valence-electron chi connectivity index (χ0n) is 16.3. The standard InChI is InChI=1S/C24H22N2O3/c1-17-5-3-4-6-22(17)24(28)26-20-12-10-19(11-13-20)25-23(27)16-9-18-7-14-21(29-2)15-8-18/h3-16H,1-2H3,(H,25,27)(H,26,28)/b16-9+. The first-order chi connectivity index (χ1) is 14.0. The third kappa shape index (κ3) is 5.56. The first-order valence-electron chi connectivity index (χ1n) is 9.15. The molecule has 3 aromatic rings. The Morgan fingerprint density at radius 1 is 0.828 bits per heavy atom. The quantitative estimate of drug-likeness (QED) is 0.592. The lowest BCUT2D eigenvalue weighted by molar-refractivity contribution is -0.111. The lowest BCUT2D eigenvalue weighted by Crippen LogP contribution is -2.13. The van der Waals surface area contributed by atoms with Crippen molar-refractivity contribution in [1.82, 2.24) is 0 Å². The fourth-order valence-electron chi connectivity index (χ4n) is 2.73. The molecule has 0 aliphatic heterocycles. The summed E-state index contributed by atoms with van der Waals surface area (Å²) in [6.07, 6.45) is 3.20. The van der Waals surface area contributed by atoms with Crippen molar-refractivity contribution in [3.63, 3.8) is 0 Å². The van der Waals surface area contributed by atoms with E-state index in [0.717, 1.165) is 16.9 Å². The topological polar surface area (TPSA) is 67.4 Å². The summed E-state index contributed by atoms with van der Waals surface area (Å²) in [6, 6.07) is 21.8. The highest BCUT2D eigenvalue weighted by Crippen LogP contribution is 2.16. The van der Waals surface area contributed by atoms with Crippen LogP contribution < -0.4 is 15.4 Å². The van der Waals surface area contributed by atoms with E-state index in [-0.39, 0.29) is 11.8 Å². The van der Waals surface area contributed by atoms with Crippen LogP contribution in [0.1, 0.15) is 21.5 Å². The van der Waals surface area contributed by atoms with Gasteiger partial charge in [0.1, 0.15) is 5.75 Å². The Morgan fingerprint density at radius 2 is 1.45 bits per heavy atom. The fraction of sp³-hybridized carbons (Fsp3) is 0.0833. The van der Waals surface area contributed by atoms with Crippen LogP contribution in [0.25, 0.3) is 6.08 Å². The van der Waals surface area contributed by atoms with Crippen LogP contribution in [-0.2, 0) is 4.79 Å². The van der Waals surface area contributed by atoms with Gasteiger partial charge in [-0.2, -0.15) is 0 Å². The Bertz CT molecular complexity index is 1020. The molecule has 0 radical (unpaired) electrons. The van der Waals surface area contributed by atoms with Crippen molar-refractivity contribution in [1.29, 1.82) is 0 Å². The summed E-state index contributed by atoms with van der Waals surface area (Å²) in [6.45, 7) is 1.90. The van der Waals surface area contributed by atoms with Gasteiger partial charge in [0.2, 0.25) is 5.91 Å². The minimum atomic E-state index is -0.238. The maximum Gasteiger partial charge on any atom is 0.255 e. The van der Waals surface area contributed by atoms with Crippen LogP contribution in [0.3, 0.4) is 0 Å². The van der Waals surface area contributed by atoms with Crippen LogP contribution in [0.15, 0.2) is 78.9 Å². The number of benzene rings is 3. The number of hydrogen-bond acceptors (Lipinski definition) is 3. The summed E-state index contributed by atoms with van der Waals surface area (Å²) in [5, 5.41) is 5.65. The van der Waals surface area contributed by atoms with Crippen LogP contribution in [-0.4, -0.2) is 18.9 Å². The molecule has 2 amide bonds. The number of amides is 2. The largest absolute Gasteiger partial charge is 0.497 e. The highest BCUT2D eigenvalue weighted by Gasteiger charge is 2.08. The summed E-state index contributed by atoms with van der Waals surface area (Å²) in [5.74, 6) is 0.362. The van der Waals surface area contributed by atoms with Gasteiger partial charge in [-0.15, -0.1) is 0 Å². The van der Waals surface area contributed by atoms with Crippen molar-refractivity contribution < 1.29 is 14.3 Å². The van der Waals surface area contributed by atoms with Gasteiger partial charge in [0.05, 0.1) is 7.11 Å². The molecule has 146 valence electrons. The van der Waals surface area contributed by atoms with Crippen LogP contribution in [0.4, 0.5) is 11.4 Å². The molecular formula is C24H22N2O3. The van der Waals surface area contributed by atoms with Crippen molar-refractivity contribution >= 4 is 29.3 Å². The molecule has 5 nitrogen and oxygen atoms in total. The molecule has 0 bridgehead atoms. The van der Waals surface area contributed by atoms with Crippen LogP contribution in [0.5, 0.6) is 5.75 Å². The lowest BCUT2D eigenvalue weighted by Gasteiger charge is -2.08. The van der Waals surface area contributed by atoms with Gasteiger partial charge < -0.3 is 15.4 Å². The predicted molar refractivity (Wildman–Crippen MR) is 116 cm³/mol. The van der Waals surface area contributed by atoms with Gasteiger partial charge in [-0.05, 0) is 66.6 Å². The molecule has 0 fully saturated rings. The first kappa shape index (κ1) is 19.9. The third-order valence-corrected chi connectivity index (χ3v) is 4.34. The monoisotopic (exact) mass is 386 g/mol. The Labute approximate surface area is 170 Å². The highest BCUT2D eigenvalue weighted by atomic mass is 16.5. The van der Waals surface area contributed by atoms with E-state index >= 15 is 0 Å².